The third-order valence-electron chi connectivity index (χ3n) is 7.04. The van der Waals surface area contributed by atoms with Crippen LogP contribution in [-0.2, 0) is 9.59 Å². The van der Waals surface area contributed by atoms with E-state index in [1.807, 2.05) is 6.92 Å². The highest BCUT2D eigenvalue weighted by atomic mass is 16.3. The van der Waals surface area contributed by atoms with Crippen LogP contribution < -0.4 is 5.32 Å². The molecule has 5 nitrogen and oxygen atoms in total. The number of carbonyl (C=O) groups is 2. The summed E-state index contributed by atoms with van der Waals surface area (Å²) >= 11 is 0. The second-order valence-electron chi connectivity index (χ2n) is 8.91. The Morgan fingerprint density at radius 3 is 2.43 bits per heavy atom. The van der Waals surface area contributed by atoms with Gasteiger partial charge in [-0.25, -0.2) is 0 Å². The maximum Gasteiger partial charge on any atom is 0.258 e. The van der Waals surface area contributed by atoms with Gasteiger partial charge in [-0.2, -0.15) is 0 Å². The molecule has 2 aliphatic rings. The fourth-order valence-corrected chi connectivity index (χ4v) is 4.85. The quantitative estimate of drug-likeness (QED) is 0.453. The van der Waals surface area contributed by atoms with Crippen LogP contribution in [0.2, 0.25) is 0 Å². The molecule has 0 aromatic carbocycles. The van der Waals surface area contributed by atoms with E-state index in [1.54, 1.807) is 6.92 Å². The van der Waals surface area contributed by atoms with Crippen molar-refractivity contribution in [3.8, 4) is 0 Å². The minimum Gasteiger partial charge on any atom is -0.509 e. The van der Waals surface area contributed by atoms with E-state index in [-0.39, 0.29) is 47.2 Å². The number of rotatable bonds is 7. The number of ketones is 1. The van der Waals surface area contributed by atoms with E-state index >= 15 is 0 Å². The normalized spacial score (nSPS) is 35.1. The molecule has 1 heterocycles. The van der Waals surface area contributed by atoms with E-state index in [9.17, 15) is 19.8 Å². The highest BCUT2D eigenvalue weighted by Gasteiger charge is 2.43. The van der Waals surface area contributed by atoms with Crippen LogP contribution in [0.15, 0.2) is 23.0 Å². The molecule has 1 amide bonds. The van der Waals surface area contributed by atoms with Gasteiger partial charge in [0.05, 0.1) is 12.1 Å². The molecule has 28 heavy (non-hydrogen) atoms. The van der Waals surface area contributed by atoms with Crippen molar-refractivity contribution in [3.63, 3.8) is 0 Å². The van der Waals surface area contributed by atoms with Crippen LogP contribution in [-0.4, -0.2) is 34.0 Å². The molecule has 0 bridgehead atoms. The van der Waals surface area contributed by atoms with Gasteiger partial charge in [-0.05, 0) is 56.3 Å². The monoisotopic (exact) mass is 391 g/mol. The first kappa shape index (κ1) is 22.7. The van der Waals surface area contributed by atoms with Crippen LogP contribution in [0, 0.1) is 29.6 Å². The number of amides is 1. The Kier molecular flexibility index (Phi) is 7.49. The molecule has 0 aromatic rings. The molecule has 1 aliphatic carbocycles. The molecule has 0 spiro atoms. The predicted octanol–water partition coefficient (Wildman–Crippen LogP) is 3.93. The third-order valence-corrected chi connectivity index (χ3v) is 7.04. The van der Waals surface area contributed by atoms with Crippen molar-refractivity contribution in [1.82, 2.24) is 5.32 Å². The molecule has 158 valence electrons. The van der Waals surface area contributed by atoms with Gasteiger partial charge in [0.1, 0.15) is 11.3 Å². The van der Waals surface area contributed by atoms with E-state index in [0.29, 0.717) is 5.92 Å². The summed E-state index contributed by atoms with van der Waals surface area (Å²) in [5, 5.41) is 23.5. The Morgan fingerprint density at radius 1 is 1.29 bits per heavy atom. The molecule has 1 saturated carbocycles. The van der Waals surface area contributed by atoms with Crippen molar-refractivity contribution in [2.24, 2.45) is 29.6 Å². The second-order valence-corrected chi connectivity index (χ2v) is 8.91. The predicted molar refractivity (Wildman–Crippen MR) is 111 cm³/mol. The molecule has 1 fully saturated rings. The molecular formula is C23H37NO4. The second kappa shape index (κ2) is 9.25. The van der Waals surface area contributed by atoms with E-state index in [2.05, 4.69) is 39.1 Å². The minimum atomic E-state index is -0.520. The van der Waals surface area contributed by atoms with Gasteiger partial charge in [0.15, 0.2) is 5.78 Å². The van der Waals surface area contributed by atoms with Crippen LogP contribution in [0.4, 0.5) is 0 Å². The first-order valence-corrected chi connectivity index (χ1v) is 10.8. The molecule has 1 aliphatic heterocycles. The van der Waals surface area contributed by atoms with Gasteiger partial charge in [0.25, 0.3) is 5.91 Å². The Hall–Kier alpha value is -1.62. The lowest BCUT2D eigenvalue weighted by molar-refractivity contribution is -0.124. The molecule has 5 heteroatoms. The van der Waals surface area contributed by atoms with Gasteiger partial charge >= 0.3 is 0 Å². The Bertz CT molecular complexity index is 666. The van der Waals surface area contributed by atoms with Gasteiger partial charge in [0.2, 0.25) is 0 Å². The topological polar surface area (TPSA) is 86.6 Å². The minimum absolute atomic E-state index is 0.00307. The molecule has 0 aromatic heterocycles. The summed E-state index contributed by atoms with van der Waals surface area (Å²) in [4.78, 5) is 25.1. The van der Waals surface area contributed by atoms with Crippen LogP contribution in [0.25, 0.3) is 0 Å². The summed E-state index contributed by atoms with van der Waals surface area (Å²) in [6.45, 7) is 12.3. The fraction of sp³-hybridized carbons (Fsp3) is 0.739. The highest BCUT2D eigenvalue weighted by molar-refractivity contribution is 6.21. The van der Waals surface area contributed by atoms with E-state index in [1.165, 1.54) is 5.57 Å². The number of hydrogen-bond acceptors (Lipinski definition) is 4. The van der Waals surface area contributed by atoms with Crippen LogP contribution in [0.5, 0.6) is 0 Å². The molecule has 7 unspecified atom stereocenters. The van der Waals surface area contributed by atoms with Crippen molar-refractivity contribution in [1.29, 1.82) is 0 Å². The lowest BCUT2D eigenvalue weighted by Gasteiger charge is -2.43. The Balaban J connectivity index is 2.34. The first-order chi connectivity index (χ1) is 13.1. The average molecular weight is 392 g/mol. The average Bonchev–Trinajstić information content (AvgIpc) is 2.90. The van der Waals surface area contributed by atoms with Gasteiger partial charge in [0, 0.05) is 6.42 Å². The highest BCUT2D eigenvalue weighted by Crippen LogP contribution is 2.44. The number of aliphatic hydroxyl groups excluding tert-OH is 2. The van der Waals surface area contributed by atoms with Crippen molar-refractivity contribution in [2.45, 2.75) is 79.4 Å². The summed E-state index contributed by atoms with van der Waals surface area (Å²) in [5.41, 5.74) is 1.22. The Labute approximate surface area is 169 Å². The zero-order valence-electron chi connectivity index (χ0n) is 18.2. The van der Waals surface area contributed by atoms with Crippen LogP contribution >= 0.6 is 0 Å². The smallest absolute Gasteiger partial charge is 0.258 e. The van der Waals surface area contributed by atoms with Gasteiger partial charge < -0.3 is 15.5 Å². The van der Waals surface area contributed by atoms with Crippen molar-refractivity contribution < 1.29 is 19.8 Å². The summed E-state index contributed by atoms with van der Waals surface area (Å²) in [6, 6.07) is -0.520. The van der Waals surface area contributed by atoms with Gasteiger partial charge in [-0.15, -0.1) is 0 Å². The number of nitrogens with one attached hydrogen (secondary N) is 1. The van der Waals surface area contributed by atoms with Crippen molar-refractivity contribution in [2.75, 3.05) is 0 Å². The molecule has 0 radical (unpaired) electrons. The summed E-state index contributed by atoms with van der Waals surface area (Å²) in [6.07, 6.45) is 4.70. The zero-order chi connectivity index (χ0) is 21.2. The SMILES string of the molecule is CCC(C)/C(C)=C\C1CC(C)C(O)C(CC)C1CC(=O)C1=C(O)C(C)NC1=O. The van der Waals surface area contributed by atoms with E-state index < -0.39 is 18.1 Å². The molecule has 3 N–H and O–H groups in total. The number of aliphatic hydroxyl groups is 2. The first-order valence-electron chi connectivity index (χ1n) is 10.8. The van der Waals surface area contributed by atoms with Crippen LogP contribution in [0.3, 0.4) is 0 Å². The molecular weight excluding hydrogens is 354 g/mol. The van der Waals surface area contributed by atoms with Crippen molar-refractivity contribution in [3.05, 3.63) is 23.0 Å². The van der Waals surface area contributed by atoms with Gasteiger partial charge in [-0.1, -0.05) is 45.8 Å². The molecule has 0 saturated heterocycles. The van der Waals surface area contributed by atoms with Gasteiger partial charge in [-0.3, -0.25) is 9.59 Å². The lowest BCUT2D eigenvalue weighted by atomic mass is 9.63. The van der Waals surface area contributed by atoms with Crippen molar-refractivity contribution >= 4 is 11.7 Å². The summed E-state index contributed by atoms with van der Waals surface area (Å²) in [5.74, 6) is -0.159. The van der Waals surface area contributed by atoms with E-state index in [4.69, 9.17) is 0 Å². The summed E-state index contributed by atoms with van der Waals surface area (Å²) in [7, 11) is 0. The number of Topliss-reactive ketones (excluding diaryl/α,β-unsaturated/α-hetero) is 1. The third kappa shape index (κ3) is 4.51. The number of allylic oxidation sites excluding steroid dienone is 2. The summed E-state index contributed by atoms with van der Waals surface area (Å²) < 4.78 is 0. The maximum atomic E-state index is 13.0. The van der Waals surface area contributed by atoms with E-state index in [0.717, 1.165) is 19.3 Å². The lowest BCUT2D eigenvalue weighted by Crippen LogP contribution is -2.43. The molecule has 7 atom stereocenters. The maximum absolute atomic E-state index is 13.0. The largest absolute Gasteiger partial charge is 0.509 e. The zero-order valence-corrected chi connectivity index (χ0v) is 18.2. The Morgan fingerprint density at radius 2 is 1.93 bits per heavy atom. The number of carbonyl (C=O) groups excluding carboxylic acids is 2. The fourth-order valence-electron chi connectivity index (χ4n) is 4.85. The van der Waals surface area contributed by atoms with Crippen LogP contribution in [0.1, 0.15) is 67.2 Å². The molecule has 2 rings (SSSR count). The number of hydrogen-bond donors (Lipinski definition) is 3. The standard InChI is InChI=1S/C23H37NO4/c1-7-12(3)13(4)9-16-10-14(5)21(26)17(8-2)18(16)11-19(25)20-22(27)15(6)24-23(20)28/h9,12,14-18,21,26-27H,7-8,10-11H2,1-6H3,(H,24,28)/b13-9-.